The highest BCUT2D eigenvalue weighted by Gasteiger charge is 2.18. The summed E-state index contributed by atoms with van der Waals surface area (Å²) in [7, 11) is -2.20. The molecule has 0 unspecified atom stereocenters. The van der Waals surface area contributed by atoms with Crippen LogP contribution in [0.5, 0.6) is 5.75 Å². The second-order valence-electron chi connectivity index (χ2n) is 4.65. The number of aromatic nitrogens is 3. The van der Waals surface area contributed by atoms with Gasteiger partial charge in [0.25, 0.3) is 16.0 Å². The normalized spacial score (nSPS) is 11.8. The van der Waals surface area contributed by atoms with Gasteiger partial charge in [-0.3, -0.25) is 0 Å². The molecular weight excluding hydrogens is 324 g/mol. The molecule has 0 amide bonds. The van der Waals surface area contributed by atoms with Crippen LogP contribution in [0, 0.1) is 13.8 Å². The van der Waals surface area contributed by atoms with Crippen LogP contribution in [0.2, 0.25) is 0 Å². The second-order valence-corrected chi connectivity index (χ2v) is 7.52. The molecule has 0 saturated carbocycles. The molecular formula is C13H14N4O3S2. The van der Waals surface area contributed by atoms with E-state index >= 15 is 0 Å². The van der Waals surface area contributed by atoms with Gasteiger partial charge in [0.2, 0.25) is 4.96 Å². The van der Waals surface area contributed by atoms with Crippen LogP contribution in [0.25, 0.3) is 4.96 Å². The van der Waals surface area contributed by atoms with Gasteiger partial charge in [0.05, 0.1) is 17.7 Å². The molecule has 22 heavy (non-hydrogen) atoms. The molecule has 116 valence electrons. The third kappa shape index (κ3) is 2.53. The molecule has 0 fully saturated rings. The maximum absolute atomic E-state index is 12.3. The number of rotatable bonds is 4. The summed E-state index contributed by atoms with van der Waals surface area (Å²) < 4.78 is 33.7. The summed E-state index contributed by atoms with van der Waals surface area (Å²) in [6, 6.07) is 6.10. The van der Waals surface area contributed by atoms with Crippen molar-refractivity contribution in [3.63, 3.8) is 0 Å². The number of anilines is 1. The Balaban J connectivity index is 1.91. The van der Waals surface area contributed by atoms with E-state index in [2.05, 4.69) is 14.8 Å². The van der Waals surface area contributed by atoms with Crippen LogP contribution in [0.3, 0.4) is 0 Å². The van der Waals surface area contributed by atoms with Gasteiger partial charge in [0.15, 0.2) is 0 Å². The number of benzene rings is 1. The molecule has 2 aromatic heterocycles. The number of sulfonamides is 1. The summed E-state index contributed by atoms with van der Waals surface area (Å²) in [6.45, 7) is 3.88. The lowest BCUT2D eigenvalue weighted by atomic mass is 10.3. The molecule has 0 spiro atoms. The monoisotopic (exact) mass is 338 g/mol. The van der Waals surface area contributed by atoms with Gasteiger partial charge in [-0.05, 0) is 38.1 Å². The lowest BCUT2D eigenvalue weighted by Crippen LogP contribution is -2.14. The minimum atomic E-state index is -3.73. The number of hydrogen-bond acceptors (Lipinski definition) is 6. The zero-order valence-electron chi connectivity index (χ0n) is 12.2. The van der Waals surface area contributed by atoms with Gasteiger partial charge < -0.3 is 4.74 Å². The van der Waals surface area contributed by atoms with E-state index in [1.54, 1.807) is 16.6 Å². The zero-order valence-corrected chi connectivity index (χ0v) is 13.8. The first-order chi connectivity index (χ1) is 10.4. The quantitative estimate of drug-likeness (QED) is 0.788. The van der Waals surface area contributed by atoms with E-state index in [1.807, 2.05) is 13.8 Å². The number of ether oxygens (including phenoxy) is 1. The number of methoxy groups -OCH3 is 1. The van der Waals surface area contributed by atoms with Gasteiger partial charge in [-0.15, -0.1) is 5.10 Å². The Morgan fingerprint density at radius 2 is 1.91 bits per heavy atom. The summed E-state index contributed by atoms with van der Waals surface area (Å²) in [5.41, 5.74) is 0.947. The van der Waals surface area contributed by atoms with Crippen molar-refractivity contribution in [2.24, 2.45) is 0 Å². The van der Waals surface area contributed by atoms with Gasteiger partial charge in [-0.1, -0.05) is 11.3 Å². The van der Waals surface area contributed by atoms with Crippen LogP contribution >= 0.6 is 11.3 Å². The number of fused-ring (bicyclic) bond motifs is 1. The van der Waals surface area contributed by atoms with Crippen molar-refractivity contribution in [2.45, 2.75) is 18.7 Å². The van der Waals surface area contributed by atoms with Crippen molar-refractivity contribution >= 4 is 32.3 Å². The molecule has 0 aliphatic heterocycles. The van der Waals surface area contributed by atoms with Crippen molar-refractivity contribution < 1.29 is 13.2 Å². The number of nitrogens with one attached hydrogen (secondary N) is 1. The molecule has 7 nitrogen and oxygen atoms in total. The molecule has 0 atom stereocenters. The topological polar surface area (TPSA) is 85.6 Å². The van der Waals surface area contributed by atoms with Crippen LogP contribution in [0.1, 0.15) is 10.6 Å². The average Bonchev–Trinajstić information content (AvgIpc) is 2.98. The molecule has 0 bridgehead atoms. The summed E-state index contributed by atoms with van der Waals surface area (Å²) in [6.07, 6.45) is 0. The lowest BCUT2D eigenvalue weighted by molar-refractivity contribution is 0.414. The highest BCUT2D eigenvalue weighted by molar-refractivity contribution is 7.92. The number of hydrogen-bond donors (Lipinski definition) is 1. The Morgan fingerprint density at radius 3 is 2.50 bits per heavy atom. The molecule has 0 radical (unpaired) electrons. The lowest BCUT2D eigenvalue weighted by Gasteiger charge is -2.05. The minimum Gasteiger partial charge on any atom is -0.497 e. The standard InChI is InChI=1S/C13H14N4O3S2/c1-8-9(2)21-13-14-12(15-17(8)13)16-22(18,19)11-6-4-10(20-3)5-7-11/h4-7H,1-3H3,(H,15,16). The molecule has 0 saturated heterocycles. The van der Waals surface area contributed by atoms with Gasteiger partial charge in [0.1, 0.15) is 5.75 Å². The van der Waals surface area contributed by atoms with E-state index in [9.17, 15) is 8.42 Å². The fourth-order valence-electron chi connectivity index (χ4n) is 1.92. The fraction of sp³-hybridized carbons (Fsp3) is 0.231. The smallest absolute Gasteiger partial charge is 0.264 e. The molecule has 0 aliphatic carbocycles. The molecule has 9 heteroatoms. The first-order valence-corrected chi connectivity index (χ1v) is 8.70. The minimum absolute atomic E-state index is 0.0603. The highest BCUT2D eigenvalue weighted by Crippen LogP contribution is 2.23. The van der Waals surface area contributed by atoms with E-state index in [0.717, 1.165) is 10.6 Å². The van der Waals surface area contributed by atoms with E-state index in [-0.39, 0.29) is 10.8 Å². The first-order valence-electron chi connectivity index (χ1n) is 6.40. The summed E-state index contributed by atoms with van der Waals surface area (Å²) >= 11 is 1.46. The predicted octanol–water partition coefficient (Wildman–Crippen LogP) is 2.22. The Hall–Kier alpha value is -2.13. The van der Waals surface area contributed by atoms with Crippen molar-refractivity contribution in [3.05, 3.63) is 34.8 Å². The van der Waals surface area contributed by atoms with Crippen molar-refractivity contribution in [1.29, 1.82) is 0 Å². The summed E-state index contributed by atoms with van der Waals surface area (Å²) in [4.78, 5) is 6.07. The van der Waals surface area contributed by atoms with Crippen LogP contribution in [0.4, 0.5) is 5.95 Å². The van der Waals surface area contributed by atoms with Crippen LogP contribution in [0.15, 0.2) is 29.2 Å². The first kappa shape index (κ1) is 14.8. The third-order valence-electron chi connectivity index (χ3n) is 3.24. The SMILES string of the molecule is COc1ccc(S(=O)(=O)Nc2nc3sc(C)c(C)n3n2)cc1. The van der Waals surface area contributed by atoms with Crippen molar-refractivity contribution in [1.82, 2.24) is 14.6 Å². The van der Waals surface area contributed by atoms with E-state index in [1.165, 1.54) is 30.6 Å². The predicted molar refractivity (Wildman–Crippen MR) is 84.1 cm³/mol. The van der Waals surface area contributed by atoms with Crippen LogP contribution in [-0.2, 0) is 10.0 Å². The Kier molecular flexibility index (Phi) is 3.53. The number of nitrogens with zero attached hydrogens (tertiary/aromatic N) is 3. The molecule has 3 aromatic rings. The van der Waals surface area contributed by atoms with E-state index < -0.39 is 10.0 Å². The summed E-state index contributed by atoms with van der Waals surface area (Å²) in [5, 5.41) is 4.18. The zero-order chi connectivity index (χ0) is 15.9. The second kappa shape index (κ2) is 5.25. The van der Waals surface area contributed by atoms with Crippen LogP contribution < -0.4 is 9.46 Å². The molecule has 3 rings (SSSR count). The largest absolute Gasteiger partial charge is 0.497 e. The highest BCUT2D eigenvalue weighted by atomic mass is 32.2. The van der Waals surface area contributed by atoms with Gasteiger partial charge >= 0.3 is 0 Å². The average molecular weight is 338 g/mol. The maximum atomic E-state index is 12.3. The van der Waals surface area contributed by atoms with Crippen molar-refractivity contribution in [3.8, 4) is 5.75 Å². The molecule has 0 aliphatic rings. The summed E-state index contributed by atoms with van der Waals surface area (Å²) in [5.74, 6) is 0.649. The fourth-order valence-corrected chi connectivity index (χ4v) is 3.76. The van der Waals surface area contributed by atoms with Gasteiger partial charge in [0, 0.05) is 4.88 Å². The Morgan fingerprint density at radius 1 is 1.23 bits per heavy atom. The van der Waals surface area contributed by atoms with E-state index in [0.29, 0.717) is 10.7 Å². The van der Waals surface area contributed by atoms with Crippen LogP contribution in [-0.4, -0.2) is 30.1 Å². The number of aryl methyl sites for hydroxylation is 2. The van der Waals surface area contributed by atoms with E-state index in [4.69, 9.17) is 4.74 Å². The van der Waals surface area contributed by atoms with Gasteiger partial charge in [-0.25, -0.2) is 17.7 Å². The number of thiazole rings is 1. The van der Waals surface area contributed by atoms with Gasteiger partial charge in [-0.2, -0.15) is 4.98 Å². The van der Waals surface area contributed by atoms with Crippen molar-refractivity contribution in [2.75, 3.05) is 11.8 Å². The maximum Gasteiger partial charge on any atom is 0.264 e. The third-order valence-corrected chi connectivity index (χ3v) is 5.64. The Bertz CT molecular complexity index is 926. The Labute approximate surface area is 131 Å². The molecule has 1 aromatic carbocycles. The molecule has 1 N–H and O–H groups in total. The molecule has 2 heterocycles.